The van der Waals surface area contributed by atoms with Crippen molar-refractivity contribution in [1.82, 2.24) is 19.1 Å². The first-order valence-electron chi connectivity index (χ1n) is 13.2. The number of nitrogens with zero attached hydrogens (tertiary/aromatic N) is 5. The number of benzene rings is 1. The molecular weight excluding hydrogens is 505 g/mol. The Morgan fingerprint density at radius 3 is 2.55 bits per heavy atom. The van der Waals surface area contributed by atoms with Gasteiger partial charge in [0.25, 0.3) is 0 Å². The normalized spacial score (nSPS) is 21.7. The number of aromatic nitrogens is 3. The molecule has 10 heteroatoms. The van der Waals surface area contributed by atoms with Crippen molar-refractivity contribution < 1.29 is 17.5 Å². The average Bonchev–Trinajstić information content (AvgIpc) is 3.61. The maximum atomic E-state index is 13.7. The van der Waals surface area contributed by atoms with Gasteiger partial charge in [0.2, 0.25) is 10.0 Å². The minimum Gasteiger partial charge on any atom is -0.381 e. The highest BCUT2D eigenvalue weighted by Crippen LogP contribution is 2.45. The van der Waals surface area contributed by atoms with Gasteiger partial charge in [0, 0.05) is 44.4 Å². The highest BCUT2D eigenvalue weighted by atomic mass is 32.2. The van der Waals surface area contributed by atoms with Crippen LogP contribution in [0, 0.1) is 11.2 Å². The lowest BCUT2D eigenvalue weighted by molar-refractivity contribution is 0.0477. The van der Waals surface area contributed by atoms with Gasteiger partial charge in [0.05, 0.1) is 24.2 Å². The van der Waals surface area contributed by atoms with E-state index in [4.69, 9.17) is 4.74 Å². The van der Waals surface area contributed by atoms with Crippen molar-refractivity contribution >= 4 is 21.9 Å². The number of fused-ring (bicyclic) bond motifs is 2. The van der Waals surface area contributed by atoms with E-state index in [2.05, 4.69) is 21.1 Å². The molecule has 1 aromatic carbocycles. The fourth-order valence-corrected chi connectivity index (χ4v) is 7.39. The zero-order chi connectivity index (χ0) is 26.3. The molecule has 8 nitrogen and oxygen atoms in total. The van der Waals surface area contributed by atoms with Crippen LogP contribution >= 0.6 is 0 Å². The summed E-state index contributed by atoms with van der Waals surface area (Å²) in [6.45, 7) is 5.55. The maximum Gasteiger partial charge on any atom is 0.244 e. The Balaban J connectivity index is 1.29. The van der Waals surface area contributed by atoms with Crippen LogP contribution in [0.3, 0.4) is 0 Å². The van der Waals surface area contributed by atoms with Gasteiger partial charge in [-0.15, -0.1) is 0 Å². The van der Waals surface area contributed by atoms with Gasteiger partial charge in [-0.1, -0.05) is 5.57 Å². The van der Waals surface area contributed by atoms with Crippen LogP contribution in [0.4, 0.5) is 10.2 Å². The van der Waals surface area contributed by atoms with E-state index >= 15 is 0 Å². The molecule has 0 bridgehead atoms. The van der Waals surface area contributed by atoms with E-state index < -0.39 is 15.4 Å². The van der Waals surface area contributed by atoms with E-state index in [0.717, 1.165) is 54.3 Å². The lowest BCUT2D eigenvalue weighted by atomic mass is 9.69. The smallest absolute Gasteiger partial charge is 0.244 e. The van der Waals surface area contributed by atoms with E-state index in [1.807, 2.05) is 23.9 Å². The first-order valence-corrected chi connectivity index (χ1v) is 14.7. The van der Waals surface area contributed by atoms with Gasteiger partial charge >= 0.3 is 0 Å². The third-order valence-corrected chi connectivity index (χ3v) is 9.79. The molecule has 2 aromatic heterocycles. The minimum absolute atomic E-state index is 0.222. The predicted octanol–water partition coefficient (Wildman–Crippen LogP) is 4.06. The van der Waals surface area contributed by atoms with Gasteiger partial charge in [-0.3, -0.25) is 0 Å². The van der Waals surface area contributed by atoms with Crippen molar-refractivity contribution in [1.29, 1.82) is 0 Å². The number of piperidine rings is 1. The van der Waals surface area contributed by atoms with Crippen molar-refractivity contribution in [3.05, 3.63) is 71.4 Å². The summed E-state index contributed by atoms with van der Waals surface area (Å²) in [4.78, 5) is 6.90. The zero-order valence-electron chi connectivity index (χ0n) is 21.5. The number of pyridine rings is 1. The number of ether oxygens (including phenoxy) is 1. The number of sulfonamides is 1. The SMILES string of the molecule is CCOC[C@]12Cc3cnn(-c4ccc(F)cc4)c3C=C1CCN(S(=O)(=O)c1ccc(N3CCCC3)nc1)C2. The maximum absolute atomic E-state index is 13.7. The Kier molecular flexibility index (Phi) is 6.57. The van der Waals surface area contributed by atoms with E-state index in [9.17, 15) is 12.8 Å². The largest absolute Gasteiger partial charge is 0.381 e. The van der Waals surface area contributed by atoms with E-state index in [1.165, 1.54) is 18.3 Å². The molecule has 4 heterocycles. The topological polar surface area (TPSA) is 80.6 Å². The summed E-state index contributed by atoms with van der Waals surface area (Å²) in [5, 5.41) is 4.59. The van der Waals surface area contributed by atoms with Crippen LogP contribution in [0.1, 0.15) is 37.4 Å². The molecule has 0 saturated carbocycles. The molecule has 2 saturated heterocycles. The summed E-state index contributed by atoms with van der Waals surface area (Å²) in [6.07, 6.45) is 8.94. The van der Waals surface area contributed by atoms with Gasteiger partial charge in [-0.25, -0.2) is 22.5 Å². The highest BCUT2D eigenvalue weighted by Gasteiger charge is 2.46. The van der Waals surface area contributed by atoms with Crippen LogP contribution in [-0.2, 0) is 21.2 Å². The molecular formula is C28H32FN5O3S. The van der Waals surface area contributed by atoms with Crippen LogP contribution in [-0.4, -0.2) is 66.9 Å². The second-order valence-corrected chi connectivity index (χ2v) is 12.3. The van der Waals surface area contributed by atoms with Gasteiger partial charge < -0.3 is 9.64 Å². The van der Waals surface area contributed by atoms with Crippen molar-refractivity contribution in [2.24, 2.45) is 5.41 Å². The molecule has 0 amide bonds. The van der Waals surface area contributed by atoms with Crippen LogP contribution < -0.4 is 4.90 Å². The molecule has 3 aromatic rings. The van der Waals surface area contributed by atoms with Crippen LogP contribution in [0.25, 0.3) is 11.8 Å². The predicted molar refractivity (Wildman–Crippen MR) is 143 cm³/mol. The third kappa shape index (κ3) is 4.44. The van der Waals surface area contributed by atoms with E-state index in [1.54, 1.807) is 22.5 Å². The van der Waals surface area contributed by atoms with Crippen molar-refractivity contribution in [3.8, 4) is 5.69 Å². The number of anilines is 1. The molecule has 2 fully saturated rings. The first kappa shape index (κ1) is 25.2. The minimum atomic E-state index is -3.72. The monoisotopic (exact) mass is 537 g/mol. The summed E-state index contributed by atoms with van der Waals surface area (Å²) >= 11 is 0. The van der Waals surface area contributed by atoms with Crippen LogP contribution in [0.5, 0.6) is 0 Å². The van der Waals surface area contributed by atoms with Gasteiger partial charge in [0.15, 0.2) is 0 Å². The molecule has 0 spiro atoms. The second-order valence-electron chi connectivity index (χ2n) is 10.3. The standard InChI is InChI=1S/C28H32FN5O3S/c1-2-37-20-28-16-21-17-31-34(24-7-5-23(29)6-8-24)26(21)15-22(28)11-14-33(19-28)38(35,36)25-9-10-27(30-18-25)32-12-3-4-13-32/h5-10,15,17-18H,2-4,11-14,16,19-20H2,1H3/t28-/m1/s1. The Bertz CT molecular complexity index is 1450. The Morgan fingerprint density at radius 2 is 1.84 bits per heavy atom. The molecule has 0 unspecified atom stereocenters. The summed E-state index contributed by atoms with van der Waals surface area (Å²) in [5.74, 6) is 0.537. The number of rotatable bonds is 7. The Morgan fingerprint density at radius 1 is 1.05 bits per heavy atom. The van der Waals surface area contributed by atoms with Gasteiger partial charge in [-0.05, 0) is 80.6 Å². The Labute approximate surface area is 222 Å². The Hall–Kier alpha value is -3.08. The van der Waals surface area contributed by atoms with E-state index in [-0.39, 0.29) is 10.7 Å². The van der Waals surface area contributed by atoms with Crippen LogP contribution in [0.15, 0.2) is 59.3 Å². The molecule has 0 radical (unpaired) electrons. The summed E-state index contributed by atoms with van der Waals surface area (Å²) in [6, 6.07) is 9.77. The molecule has 1 aliphatic carbocycles. The average molecular weight is 538 g/mol. The molecule has 6 rings (SSSR count). The molecule has 1 atom stereocenters. The summed E-state index contributed by atoms with van der Waals surface area (Å²) < 4.78 is 50.3. The highest BCUT2D eigenvalue weighted by molar-refractivity contribution is 7.89. The molecule has 0 N–H and O–H groups in total. The number of hydrogen-bond acceptors (Lipinski definition) is 6. The second kappa shape index (κ2) is 9.91. The molecule has 2 aliphatic heterocycles. The van der Waals surface area contributed by atoms with Crippen molar-refractivity contribution in [3.63, 3.8) is 0 Å². The zero-order valence-corrected chi connectivity index (χ0v) is 22.3. The van der Waals surface area contributed by atoms with E-state index in [0.29, 0.717) is 39.1 Å². The van der Waals surface area contributed by atoms with Gasteiger partial charge in [-0.2, -0.15) is 9.40 Å². The molecule has 3 aliphatic rings. The molecule has 38 heavy (non-hydrogen) atoms. The fraction of sp³-hybridized carbons (Fsp3) is 0.429. The van der Waals surface area contributed by atoms with Crippen LogP contribution in [0.2, 0.25) is 0 Å². The lowest BCUT2D eigenvalue weighted by Gasteiger charge is -2.45. The lowest BCUT2D eigenvalue weighted by Crippen LogP contribution is -2.51. The summed E-state index contributed by atoms with van der Waals surface area (Å²) in [5.41, 5.74) is 3.45. The third-order valence-electron chi connectivity index (χ3n) is 7.96. The number of halogens is 1. The van der Waals surface area contributed by atoms with Crippen molar-refractivity contribution in [2.45, 2.75) is 37.5 Å². The molecule has 200 valence electrons. The van der Waals surface area contributed by atoms with Crippen molar-refractivity contribution in [2.75, 3.05) is 44.3 Å². The number of hydrogen-bond donors (Lipinski definition) is 0. The fourth-order valence-electron chi connectivity index (χ4n) is 5.92. The van der Waals surface area contributed by atoms with Gasteiger partial charge in [0.1, 0.15) is 16.5 Å². The first-order chi connectivity index (χ1) is 18.4. The summed E-state index contributed by atoms with van der Waals surface area (Å²) in [7, 11) is -3.72. The quantitative estimate of drug-likeness (QED) is 0.452.